The maximum absolute atomic E-state index is 12.2. The van der Waals surface area contributed by atoms with Crippen LogP contribution in [0.4, 0.5) is 13.2 Å². The van der Waals surface area contributed by atoms with Crippen LogP contribution in [0.2, 0.25) is 0 Å². The first-order chi connectivity index (χ1) is 11.3. The number of halogens is 4. The summed E-state index contributed by atoms with van der Waals surface area (Å²) in [6, 6.07) is 17.1. The lowest BCUT2D eigenvalue weighted by molar-refractivity contribution is -0.274. The van der Waals surface area contributed by atoms with Gasteiger partial charge in [-0.05, 0) is 46.5 Å². The topological polar surface area (TPSA) is 35.2 Å². The molecule has 25 heavy (non-hydrogen) atoms. The maximum atomic E-state index is 12.2. The summed E-state index contributed by atoms with van der Waals surface area (Å²) in [7, 11) is 0. The van der Waals surface area contributed by atoms with E-state index in [-0.39, 0.29) is 18.2 Å². The van der Waals surface area contributed by atoms with E-state index in [4.69, 9.17) is 5.73 Å². The molecule has 0 fully saturated rings. The Bertz CT molecular complexity index is 863. The van der Waals surface area contributed by atoms with Gasteiger partial charge >= 0.3 is 6.36 Å². The maximum Gasteiger partial charge on any atom is 0.573 e. The normalized spacial score (nSPS) is 12.5. The van der Waals surface area contributed by atoms with E-state index in [0.717, 1.165) is 27.5 Å². The van der Waals surface area contributed by atoms with E-state index in [1.54, 1.807) is 12.1 Å². The minimum Gasteiger partial charge on any atom is -0.406 e. The van der Waals surface area contributed by atoms with Crippen molar-refractivity contribution < 1.29 is 17.9 Å². The molecule has 6 heteroatoms. The summed E-state index contributed by atoms with van der Waals surface area (Å²) < 4.78 is 40.6. The minimum absolute atomic E-state index is 0. The van der Waals surface area contributed by atoms with Gasteiger partial charge in [0.1, 0.15) is 5.75 Å². The Hall–Kier alpha value is -2.24. The third-order valence-electron chi connectivity index (χ3n) is 3.98. The predicted molar refractivity (Wildman–Crippen MR) is 95.1 cm³/mol. The van der Waals surface area contributed by atoms with Crippen molar-refractivity contribution in [1.82, 2.24) is 0 Å². The summed E-state index contributed by atoms with van der Waals surface area (Å²) >= 11 is 0. The zero-order chi connectivity index (χ0) is 17.3. The van der Waals surface area contributed by atoms with Crippen LogP contribution >= 0.6 is 12.4 Å². The first kappa shape index (κ1) is 19.1. The molecule has 3 rings (SSSR count). The summed E-state index contributed by atoms with van der Waals surface area (Å²) in [5.41, 5.74) is 9.15. The molecular formula is C19H17ClF3NO. The molecule has 0 unspecified atom stereocenters. The summed E-state index contributed by atoms with van der Waals surface area (Å²) in [6.07, 6.45) is -4.70. The molecule has 0 spiro atoms. The van der Waals surface area contributed by atoms with Crippen molar-refractivity contribution in [1.29, 1.82) is 0 Å². The molecule has 0 aliphatic heterocycles. The number of alkyl halides is 3. The molecule has 1 atom stereocenters. The molecule has 0 saturated carbocycles. The summed E-state index contributed by atoms with van der Waals surface area (Å²) in [4.78, 5) is 0. The molecule has 0 bridgehead atoms. The fourth-order valence-electron chi connectivity index (χ4n) is 2.80. The number of fused-ring (bicyclic) bond motifs is 1. The second-order valence-corrected chi connectivity index (χ2v) is 5.61. The number of aryl methyl sites for hydroxylation is 1. The van der Waals surface area contributed by atoms with Gasteiger partial charge in [-0.3, -0.25) is 0 Å². The highest BCUT2D eigenvalue weighted by atomic mass is 35.5. The van der Waals surface area contributed by atoms with Gasteiger partial charge in [0.2, 0.25) is 0 Å². The molecule has 3 aromatic carbocycles. The molecule has 0 saturated heterocycles. The molecule has 0 amide bonds. The standard InChI is InChI=1S/C19H16F3NO.ClH/c1-12-6-11-17(16-5-3-2-4-15(12)16)18(23)13-7-9-14(10-8-13)24-19(20,21)22;/h2-11,18H,23H2,1H3;1H/t18-;/m1./s1. The molecule has 0 aliphatic carbocycles. The largest absolute Gasteiger partial charge is 0.573 e. The van der Waals surface area contributed by atoms with Crippen LogP contribution in [-0.2, 0) is 0 Å². The van der Waals surface area contributed by atoms with E-state index >= 15 is 0 Å². The van der Waals surface area contributed by atoms with Gasteiger partial charge in [-0.15, -0.1) is 25.6 Å². The highest BCUT2D eigenvalue weighted by Crippen LogP contribution is 2.30. The highest BCUT2D eigenvalue weighted by molar-refractivity contribution is 5.89. The molecule has 2 nitrogen and oxygen atoms in total. The van der Waals surface area contributed by atoms with Crippen molar-refractivity contribution in [2.24, 2.45) is 5.73 Å². The van der Waals surface area contributed by atoms with Gasteiger partial charge in [0.15, 0.2) is 0 Å². The van der Waals surface area contributed by atoms with Crippen LogP contribution in [-0.4, -0.2) is 6.36 Å². The number of ether oxygens (including phenoxy) is 1. The Morgan fingerprint density at radius 2 is 1.48 bits per heavy atom. The van der Waals surface area contributed by atoms with Crippen molar-refractivity contribution >= 4 is 23.2 Å². The Morgan fingerprint density at radius 1 is 0.880 bits per heavy atom. The van der Waals surface area contributed by atoms with Crippen LogP contribution < -0.4 is 10.5 Å². The third-order valence-corrected chi connectivity index (χ3v) is 3.98. The molecule has 3 aromatic rings. The van der Waals surface area contributed by atoms with Crippen LogP contribution in [0.5, 0.6) is 5.75 Å². The van der Waals surface area contributed by atoms with Crippen LogP contribution in [0, 0.1) is 6.92 Å². The number of rotatable bonds is 3. The first-order valence-electron chi connectivity index (χ1n) is 7.45. The number of benzene rings is 3. The van der Waals surface area contributed by atoms with Gasteiger partial charge in [-0.25, -0.2) is 0 Å². The van der Waals surface area contributed by atoms with Crippen LogP contribution in [0.25, 0.3) is 10.8 Å². The summed E-state index contributed by atoms with van der Waals surface area (Å²) in [5.74, 6) is -0.257. The molecule has 0 radical (unpaired) electrons. The van der Waals surface area contributed by atoms with Crippen LogP contribution in [0.3, 0.4) is 0 Å². The smallest absolute Gasteiger partial charge is 0.406 e. The minimum atomic E-state index is -4.70. The van der Waals surface area contributed by atoms with Gasteiger partial charge in [-0.2, -0.15) is 0 Å². The lowest BCUT2D eigenvalue weighted by atomic mass is 9.92. The number of hydrogen-bond acceptors (Lipinski definition) is 2. The van der Waals surface area contributed by atoms with Gasteiger partial charge in [-0.1, -0.05) is 48.5 Å². The molecule has 2 N–H and O–H groups in total. The number of nitrogens with two attached hydrogens (primary N) is 1. The number of hydrogen-bond donors (Lipinski definition) is 1. The third kappa shape index (κ3) is 4.24. The molecular weight excluding hydrogens is 351 g/mol. The van der Waals surface area contributed by atoms with Crippen LogP contribution in [0.15, 0.2) is 60.7 Å². The van der Waals surface area contributed by atoms with E-state index in [9.17, 15) is 13.2 Å². The second kappa shape index (κ2) is 7.33. The average molecular weight is 368 g/mol. The van der Waals surface area contributed by atoms with Crippen molar-refractivity contribution in [3.05, 3.63) is 77.4 Å². The molecule has 0 aliphatic rings. The summed E-state index contributed by atoms with van der Waals surface area (Å²) in [6.45, 7) is 2.03. The average Bonchev–Trinajstić information content (AvgIpc) is 2.54. The quantitative estimate of drug-likeness (QED) is 0.661. The fourth-order valence-corrected chi connectivity index (χ4v) is 2.80. The van der Waals surface area contributed by atoms with Gasteiger partial charge < -0.3 is 10.5 Å². The van der Waals surface area contributed by atoms with E-state index < -0.39 is 12.4 Å². The molecule has 0 aromatic heterocycles. The Morgan fingerprint density at radius 3 is 2.08 bits per heavy atom. The van der Waals surface area contributed by atoms with Gasteiger partial charge in [0.25, 0.3) is 0 Å². The summed E-state index contributed by atoms with van der Waals surface area (Å²) in [5, 5.41) is 2.16. The van der Waals surface area contributed by atoms with E-state index in [1.807, 2.05) is 43.3 Å². The highest BCUT2D eigenvalue weighted by Gasteiger charge is 2.31. The zero-order valence-electron chi connectivity index (χ0n) is 13.4. The van der Waals surface area contributed by atoms with Gasteiger partial charge in [0, 0.05) is 0 Å². The Balaban J connectivity index is 0.00000225. The van der Waals surface area contributed by atoms with Crippen molar-refractivity contribution in [2.75, 3.05) is 0 Å². The first-order valence-corrected chi connectivity index (χ1v) is 7.45. The van der Waals surface area contributed by atoms with Crippen LogP contribution in [0.1, 0.15) is 22.7 Å². The second-order valence-electron chi connectivity index (χ2n) is 5.61. The van der Waals surface area contributed by atoms with Crippen molar-refractivity contribution in [3.8, 4) is 5.75 Å². The molecule has 132 valence electrons. The Labute approximate surface area is 149 Å². The fraction of sp³-hybridized carbons (Fsp3) is 0.158. The van der Waals surface area contributed by atoms with E-state index in [2.05, 4.69) is 4.74 Å². The van der Waals surface area contributed by atoms with E-state index in [1.165, 1.54) is 12.1 Å². The lowest BCUT2D eigenvalue weighted by Crippen LogP contribution is -2.17. The predicted octanol–water partition coefficient (Wildman–Crippen LogP) is 5.52. The van der Waals surface area contributed by atoms with Gasteiger partial charge in [0.05, 0.1) is 6.04 Å². The van der Waals surface area contributed by atoms with E-state index in [0.29, 0.717) is 0 Å². The zero-order valence-corrected chi connectivity index (χ0v) is 14.2. The van der Waals surface area contributed by atoms with Crippen molar-refractivity contribution in [2.45, 2.75) is 19.3 Å². The van der Waals surface area contributed by atoms with Crippen molar-refractivity contribution in [3.63, 3.8) is 0 Å². The monoisotopic (exact) mass is 367 g/mol. The Kier molecular flexibility index (Phi) is 5.60. The SMILES string of the molecule is Cc1ccc([C@H](N)c2ccc(OC(F)(F)F)cc2)c2ccccc12.Cl. The lowest BCUT2D eigenvalue weighted by Gasteiger charge is -2.17. The molecule has 0 heterocycles.